The third-order valence-corrected chi connectivity index (χ3v) is 5.95. The van der Waals surface area contributed by atoms with Crippen LogP contribution in [0.25, 0.3) is 0 Å². The Kier molecular flexibility index (Phi) is 5.55. The van der Waals surface area contributed by atoms with E-state index in [0.29, 0.717) is 12.2 Å². The number of β-lactam (4-membered cyclic amide) rings is 1. The maximum absolute atomic E-state index is 12.8. The quantitative estimate of drug-likeness (QED) is 0.376. The van der Waals surface area contributed by atoms with Crippen molar-refractivity contribution in [2.75, 3.05) is 12.0 Å². The molecule has 1 amide bonds. The monoisotopic (exact) mass is 413 g/mol. The molecule has 1 aliphatic heterocycles. The summed E-state index contributed by atoms with van der Waals surface area (Å²) in [5.41, 5.74) is 6.69. The van der Waals surface area contributed by atoms with Crippen molar-refractivity contribution in [3.05, 3.63) is 101 Å². The Hall–Kier alpha value is -3.53. The molecule has 1 aliphatic rings. The summed E-state index contributed by atoms with van der Waals surface area (Å²) in [5.74, 6) is 1.52. The van der Waals surface area contributed by atoms with Crippen LogP contribution in [0.5, 0.6) is 11.5 Å². The Bertz CT molecular complexity index is 1150. The van der Waals surface area contributed by atoms with Crippen molar-refractivity contribution in [3.63, 3.8) is 0 Å². The van der Waals surface area contributed by atoms with Crippen LogP contribution in [0.2, 0.25) is 0 Å². The molecule has 0 N–H and O–H groups in total. The predicted molar refractivity (Wildman–Crippen MR) is 124 cm³/mol. The molecule has 0 unspecified atom stereocenters. The lowest BCUT2D eigenvalue weighted by Crippen LogP contribution is -2.48. The minimum absolute atomic E-state index is 0.0670. The van der Waals surface area contributed by atoms with Crippen LogP contribution < -0.4 is 14.4 Å². The van der Waals surface area contributed by atoms with E-state index in [1.165, 1.54) is 0 Å². The van der Waals surface area contributed by atoms with Crippen LogP contribution in [-0.4, -0.2) is 13.0 Å². The van der Waals surface area contributed by atoms with E-state index in [4.69, 9.17) is 9.47 Å². The number of ether oxygens (including phenoxy) is 2. The van der Waals surface area contributed by atoms with Gasteiger partial charge in [0.05, 0.1) is 13.2 Å². The van der Waals surface area contributed by atoms with Gasteiger partial charge >= 0.3 is 0 Å². The van der Waals surface area contributed by atoms with Crippen LogP contribution in [0.1, 0.15) is 33.9 Å². The fourth-order valence-electron chi connectivity index (χ4n) is 3.93. The van der Waals surface area contributed by atoms with Gasteiger partial charge in [-0.2, -0.15) is 0 Å². The van der Waals surface area contributed by atoms with Crippen LogP contribution in [0.15, 0.2) is 72.8 Å². The van der Waals surface area contributed by atoms with E-state index in [1.807, 2.05) is 81.4 Å². The highest BCUT2D eigenvalue weighted by Gasteiger charge is 2.43. The first-order valence-electron chi connectivity index (χ1n) is 10.4. The second-order valence-electron chi connectivity index (χ2n) is 7.99. The van der Waals surface area contributed by atoms with Gasteiger partial charge in [-0.05, 0) is 60.7 Å². The Balaban J connectivity index is 1.64. The number of benzene rings is 3. The van der Waals surface area contributed by atoms with Gasteiger partial charge < -0.3 is 9.47 Å². The maximum Gasteiger partial charge on any atom is 0.256 e. The number of hydrogen-bond acceptors (Lipinski definition) is 3. The molecule has 1 heterocycles. The van der Waals surface area contributed by atoms with Gasteiger partial charge in [0.25, 0.3) is 5.91 Å². The second-order valence-corrected chi connectivity index (χ2v) is 7.99. The molecule has 1 saturated heterocycles. The number of anilines is 1. The number of carbonyl (C=O) groups is 1. The second kappa shape index (κ2) is 8.31. The van der Waals surface area contributed by atoms with Gasteiger partial charge in [0.1, 0.15) is 18.1 Å². The van der Waals surface area contributed by atoms with Crippen molar-refractivity contribution in [1.29, 1.82) is 0 Å². The highest BCUT2D eigenvalue weighted by atomic mass is 16.5. The van der Waals surface area contributed by atoms with E-state index in [-0.39, 0.29) is 11.9 Å². The zero-order chi connectivity index (χ0) is 22.1. The molecule has 0 aromatic heterocycles. The Morgan fingerprint density at radius 3 is 2.39 bits per heavy atom. The summed E-state index contributed by atoms with van der Waals surface area (Å²) in [6.45, 7) is 10.6. The topological polar surface area (TPSA) is 38.8 Å². The highest BCUT2D eigenvalue weighted by Crippen LogP contribution is 2.45. The lowest BCUT2D eigenvalue weighted by atomic mass is 9.87. The number of amides is 1. The van der Waals surface area contributed by atoms with Gasteiger partial charge in [-0.15, -0.1) is 0 Å². The summed E-state index contributed by atoms with van der Waals surface area (Å²) >= 11 is 0. The van der Waals surface area contributed by atoms with Crippen LogP contribution >= 0.6 is 0 Å². The Labute approximate surface area is 183 Å². The molecule has 4 nitrogen and oxygen atoms in total. The molecule has 31 heavy (non-hydrogen) atoms. The number of rotatable bonds is 6. The minimum atomic E-state index is -0.223. The van der Waals surface area contributed by atoms with Crippen LogP contribution in [-0.2, 0) is 11.4 Å². The normalized spacial score (nSPS) is 15.6. The van der Waals surface area contributed by atoms with Crippen LogP contribution in [0, 0.1) is 20.8 Å². The van der Waals surface area contributed by atoms with Crippen molar-refractivity contribution < 1.29 is 14.3 Å². The molecule has 158 valence electrons. The fraction of sp³-hybridized carbons (Fsp3) is 0.222. The highest BCUT2D eigenvalue weighted by molar-refractivity contribution is 6.15. The summed E-state index contributed by atoms with van der Waals surface area (Å²) in [5, 5.41) is 0. The molecule has 1 fully saturated rings. The average molecular weight is 414 g/mol. The minimum Gasteiger partial charge on any atom is -0.496 e. The summed E-state index contributed by atoms with van der Waals surface area (Å²) < 4.78 is 11.6. The summed E-state index contributed by atoms with van der Waals surface area (Å²) in [7, 11) is 1.65. The molecule has 0 aliphatic carbocycles. The van der Waals surface area contributed by atoms with Gasteiger partial charge in [-0.3, -0.25) is 9.69 Å². The largest absolute Gasteiger partial charge is 0.496 e. The maximum atomic E-state index is 12.8. The van der Waals surface area contributed by atoms with Crippen molar-refractivity contribution >= 4 is 11.6 Å². The Morgan fingerprint density at radius 1 is 0.935 bits per heavy atom. The molecule has 1 atom stereocenters. The molecule has 0 spiro atoms. The molecule has 4 rings (SSSR count). The number of hydrogen-bond donors (Lipinski definition) is 0. The third-order valence-electron chi connectivity index (χ3n) is 5.95. The van der Waals surface area contributed by atoms with E-state index in [1.54, 1.807) is 12.0 Å². The van der Waals surface area contributed by atoms with E-state index in [0.717, 1.165) is 45.0 Å². The van der Waals surface area contributed by atoms with Crippen LogP contribution in [0.3, 0.4) is 0 Å². The van der Waals surface area contributed by atoms with E-state index >= 15 is 0 Å². The number of carbonyl (C=O) groups excluding carboxylic acids is 1. The van der Waals surface area contributed by atoms with Gasteiger partial charge in [0.2, 0.25) is 0 Å². The predicted octanol–water partition coefficient (Wildman–Crippen LogP) is 5.84. The molecule has 0 radical (unpaired) electrons. The van der Waals surface area contributed by atoms with Gasteiger partial charge in [-0.1, -0.05) is 49.0 Å². The lowest BCUT2D eigenvalue weighted by molar-refractivity contribution is -0.118. The zero-order valence-electron chi connectivity index (χ0n) is 18.4. The van der Waals surface area contributed by atoms with Crippen molar-refractivity contribution in [3.8, 4) is 11.5 Å². The standard InChI is InChI=1S/C27H27NO3/c1-17-11-12-22(14-24(17)31-16-21-9-7-6-8-10-21)26-20(4)27(29)28(26)23-13-18(2)19(3)25(15-23)30-5/h6-15,26H,4,16H2,1-3,5H3/t26-/m1/s1. The van der Waals surface area contributed by atoms with E-state index in [9.17, 15) is 4.79 Å². The first-order chi connectivity index (χ1) is 14.9. The van der Waals surface area contributed by atoms with Crippen molar-refractivity contribution in [2.24, 2.45) is 0 Å². The molecule has 4 heteroatoms. The van der Waals surface area contributed by atoms with Crippen molar-refractivity contribution in [1.82, 2.24) is 0 Å². The van der Waals surface area contributed by atoms with E-state index in [2.05, 4.69) is 6.58 Å². The molecule has 3 aromatic carbocycles. The smallest absolute Gasteiger partial charge is 0.256 e. The summed E-state index contributed by atoms with van der Waals surface area (Å²) in [4.78, 5) is 14.5. The average Bonchev–Trinajstić information content (AvgIpc) is 2.79. The Morgan fingerprint density at radius 2 is 1.68 bits per heavy atom. The van der Waals surface area contributed by atoms with Crippen LogP contribution in [0.4, 0.5) is 5.69 Å². The van der Waals surface area contributed by atoms with Gasteiger partial charge in [-0.25, -0.2) is 0 Å². The first-order valence-corrected chi connectivity index (χ1v) is 10.4. The molecular weight excluding hydrogens is 386 g/mol. The molecular formula is C27H27NO3. The van der Waals surface area contributed by atoms with Gasteiger partial charge in [0.15, 0.2) is 0 Å². The molecule has 0 bridgehead atoms. The number of methoxy groups -OCH3 is 1. The number of nitrogens with zero attached hydrogens (tertiary/aromatic N) is 1. The third kappa shape index (κ3) is 3.81. The summed E-state index contributed by atoms with van der Waals surface area (Å²) in [6.07, 6.45) is 0. The zero-order valence-corrected chi connectivity index (χ0v) is 18.4. The van der Waals surface area contributed by atoms with Gasteiger partial charge in [0, 0.05) is 17.3 Å². The summed E-state index contributed by atoms with van der Waals surface area (Å²) in [6, 6.07) is 19.9. The van der Waals surface area contributed by atoms with Crippen molar-refractivity contribution in [2.45, 2.75) is 33.4 Å². The lowest BCUT2D eigenvalue weighted by Gasteiger charge is -2.43. The van der Waals surface area contributed by atoms with E-state index < -0.39 is 0 Å². The molecule has 3 aromatic rings. The SMILES string of the molecule is C=C1C(=O)N(c2cc(C)c(C)c(OC)c2)[C@H]1c1ccc(C)c(OCc2ccccc2)c1. The fourth-order valence-corrected chi connectivity index (χ4v) is 3.93. The first kappa shape index (κ1) is 20.7. The molecule has 0 saturated carbocycles. The number of aryl methyl sites for hydroxylation is 2.